The van der Waals surface area contributed by atoms with E-state index in [1.807, 2.05) is 24.4 Å². The van der Waals surface area contributed by atoms with Crippen LogP contribution in [-0.4, -0.2) is 20.6 Å². The second-order valence-electron chi connectivity index (χ2n) is 8.02. The van der Waals surface area contributed by atoms with Gasteiger partial charge in [-0.25, -0.2) is 4.98 Å². The first kappa shape index (κ1) is 21.8. The van der Waals surface area contributed by atoms with E-state index in [1.54, 1.807) is 12.1 Å². The molecule has 0 bridgehead atoms. The maximum atomic E-state index is 13.5. The van der Waals surface area contributed by atoms with E-state index in [0.717, 1.165) is 11.1 Å². The molecule has 2 heterocycles. The molecule has 2 aromatic carbocycles. The zero-order valence-electron chi connectivity index (χ0n) is 18.2. The largest absolute Gasteiger partial charge is 0.508 e. The van der Waals surface area contributed by atoms with Gasteiger partial charge in [-0.2, -0.15) is 0 Å². The lowest BCUT2D eigenvalue weighted by molar-refractivity contribution is -0.119. The summed E-state index contributed by atoms with van der Waals surface area (Å²) in [5.41, 5.74) is 3.35. The lowest BCUT2D eigenvalue weighted by atomic mass is 9.99. The molecule has 0 fully saturated rings. The molecule has 2 aromatic heterocycles. The normalized spacial score (nSPS) is 12.2. The fourth-order valence-electron chi connectivity index (χ4n) is 3.71. The highest BCUT2D eigenvalue weighted by Gasteiger charge is 2.23. The fourth-order valence-corrected chi connectivity index (χ4v) is 4.61. The number of amides is 1. The van der Waals surface area contributed by atoms with E-state index >= 15 is 0 Å². The zero-order chi connectivity index (χ0) is 22.8. The number of phenolic OH excluding ortho intramolecular Hbond substituents is 1. The number of benzene rings is 2. The quantitative estimate of drug-likeness (QED) is 0.380. The van der Waals surface area contributed by atoms with Gasteiger partial charge in [0, 0.05) is 16.6 Å². The van der Waals surface area contributed by atoms with Crippen molar-refractivity contribution in [3.63, 3.8) is 0 Å². The number of rotatable bonds is 6. The van der Waals surface area contributed by atoms with Crippen LogP contribution in [0.5, 0.6) is 5.75 Å². The Morgan fingerprint density at radius 1 is 1.12 bits per heavy atom. The Balaban J connectivity index is 1.71. The molecule has 0 spiro atoms. The van der Waals surface area contributed by atoms with Crippen molar-refractivity contribution in [2.45, 2.75) is 39.2 Å². The Morgan fingerprint density at radius 2 is 1.81 bits per heavy atom. The van der Waals surface area contributed by atoms with Crippen molar-refractivity contribution in [2.24, 2.45) is 0 Å². The SMILES string of the molecule is CCC(C(=O)Nc1ccc(O)cc1)n1cnc2scc(-c3ccc(C(C)C)cc3)c2c1=O. The van der Waals surface area contributed by atoms with Gasteiger partial charge < -0.3 is 10.4 Å². The Bertz CT molecular complexity index is 1310. The van der Waals surface area contributed by atoms with E-state index in [9.17, 15) is 14.7 Å². The molecule has 6 nitrogen and oxygen atoms in total. The standard InChI is InChI=1S/C25H25N3O3S/c1-4-21(23(30)27-18-9-11-19(29)12-10-18)28-14-26-24-22(25(28)31)20(13-32-24)17-7-5-16(6-8-17)15(2)3/h5-15,21,29H,4H2,1-3H3,(H,27,30). The third-order valence-electron chi connectivity index (χ3n) is 5.57. The number of hydrogen-bond donors (Lipinski definition) is 2. The number of hydrogen-bond acceptors (Lipinski definition) is 5. The Morgan fingerprint density at radius 3 is 2.44 bits per heavy atom. The highest BCUT2D eigenvalue weighted by atomic mass is 32.1. The van der Waals surface area contributed by atoms with Crippen LogP contribution in [0, 0.1) is 0 Å². The molecule has 4 rings (SSSR count). The molecule has 0 radical (unpaired) electrons. The molecule has 0 saturated heterocycles. The Hall–Kier alpha value is -3.45. The van der Waals surface area contributed by atoms with Crippen molar-refractivity contribution < 1.29 is 9.90 Å². The summed E-state index contributed by atoms with van der Waals surface area (Å²) in [6, 6.07) is 13.7. The molecule has 0 aliphatic rings. The number of fused-ring (bicyclic) bond motifs is 1. The lowest BCUT2D eigenvalue weighted by Gasteiger charge is -2.18. The summed E-state index contributed by atoms with van der Waals surface area (Å²) in [4.78, 5) is 31.6. The summed E-state index contributed by atoms with van der Waals surface area (Å²) in [7, 11) is 0. The maximum Gasteiger partial charge on any atom is 0.263 e. The van der Waals surface area contributed by atoms with Gasteiger partial charge in [0.25, 0.3) is 5.56 Å². The van der Waals surface area contributed by atoms with Crippen LogP contribution in [0.25, 0.3) is 21.3 Å². The van der Waals surface area contributed by atoms with Crippen LogP contribution >= 0.6 is 11.3 Å². The predicted molar refractivity (Wildman–Crippen MR) is 129 cm³/mol. The van der Waals surface area contributed by atoms with Crippen LogP contribution in [0.15, 0.2) is 65.0 Å². The molecule has 0 aliphatic carbocycles. The smallest absolute Gasteiger partial charge is 0.263 e. The van der Waals surface area contributed by atoms with Gasteiger partial charge in [0.1, 0.15) is 16.6 Å². The minimum absolute atomic E-state index is 0.118. The second kappa shape index (κ2) is 8.96. The number of aromatic nitrogens is 2. The van der Waals surface area contributed by atoms with Gasteiger partial charge in [-0.15, -0.1) is 11.3 Å². The molecule has 0 aliphatic heterocycles. The molecule has 1 unspecified atom stereocenters. The van der Waals surface area contributed by atoms with Gasteiger partial charge >= 0.3 is 0 Å². The van der Waals surface area contributed by atoms with Crippen molar-refractivity contribution in [1.29, 1.82) is 0 Å². The van der Waals surface area contributed by atoms with Crippen molar-refractivity contribution in [3.8, 4) is 16.9 Å². The van der Waals surface area contributed by atoms with Crippen LogP contribution in [0.2, 0.25) is 0 Å². The van der Waals surface area contributed by atoms with Crippen LogP contribution in [0.3, 0.4) is 0 Å². The Labute approximate surface area is 190 Å². The van der Waals surface area contributed by atoms with Crippen LogP contribution in [-0.2, 0) is 4.79 Å². The Kier molecular flexibility index (Phi) is 6.10. The van der Waals surface area contributed by atoms with Crippen LogP contribution in [0.1, 0.15) is 44.7 Å². The maximum absolute atomic E-state index is 13.5. The summed E-state index contributed by atoms with van der Waals surface area (Å²) >= 11 is 1.43. The first-order valence-corrected chi connectivity index (χ1v) is 11.5. The molecule has 4 aromatic rings. The number of anilines is 1. The van der Waals surface area contributed by atoms with Gasteiger partial charge in [-0.05, 0) is 47.7 Å². The zero-order valence-corrected chi connectivity index (χ0v) is 19.0. The van der Waals surface area contributed by atoms with Crippen LogP contribution < -0.4 is 10.9 Å². The highest BCUT2D eigenvalue weighted by molar-refractivity contribution is 7.17. The molecule has 1 amide bonds. The molecule has 32 heavy (non-hydrogen) atoms. The van der Waals surface area contributed by atoms with Gasteiger partial charge in [0.15, 0.2) is 0 Å². The molecular weight excluding hydrogens is 422 g/mol. The number of nitrogens with zero attached hydrogens (tertiary/aromatic N) is 2. The summed E-state index contributed by atoms with van der Waals surface area (Å²) in [6.45, 7) is 6.15. The van der Waals surface area contributed by atoms with E-state index in [1.165, 1.54) is 39.9 Å². The molecule has 1 atom stereocenters. The molecule has 164 valence electrons. The van der Waals surface area contributed by atoms with Crippen molar-refractivity contribution in [2.75, 3.05) is 5.32 Å². The first-order chi connectivity index (χ1) is 15.4. The summed E-state index contributed by atoms with van der Waals surface area (Å²) in [5, 5.41) is 14.7. The second-order valence-corrected chi connectivity index (χ2v) is 8.88. The first-order valence-electron chi connectivity index (χ1n) is 10.6. The molecular formula is C25H25N3O3S. The van der Waals surface area contributed by atoms with Gasteiger partial charge in [-0.1, -0.05) is 45.0 Å². The third-order valence-corrected chi connectivity index (χ3v) is 6.45. The van der Waals surface area contributed by atoms with E-state index in [0.29, 0.717) is 28.2 Å². The topological polar surface area (TPSA) is 84.2 Å². The van der Waals surface area contributed by atoms with Gasteiger partial charge in [0.05, 0.1) is 11.7 Å². The van der Waals surface area contributed by atoms with Crippen molar-refractivity contribution >= 4 is 33.1 Å². The number of aromatic hydroxyl groups is 1. The number of carbonyl (C=O) groups excluding carboxylic acids is 1. The van der Waals surface area contributed by atoms with E-state index in [-0.39, 0.29) is 17.2 Å². The molecule has 2 N–H and O–H groups in total. The van der Waals surface area contributed by atoms with Gasteiger partial charge in [0.2, 0.25) is 5.91 Å². The van der Waals surface area contributed by atoms with E-state index < -0.39 is 6.04 Å². The highest BCUT2D eigenvalue weighted by Crippen LogP contribution is 2.32. The monoisotopic (exact) mass is 447 g/mol. The molecule has 0 saturated carbocycles. The molecule has 7 heteroatoms. The number of phenols is 1. The number of nitrogens with one attached hydrogen (secondary N) is 1. The summed E-state index contributed by atoms with van der Waals surface area (Å²) < 4.78 is 1.41. The predicted octanol–water partition coefficient (Wildman–Crippen LogP) is 5.54. The van der Waals surface area contributed by atoms with E-state index in [2.05, 4.69) is 36.3 Å². The summed E-state index contributed by atoms with van der Waals surface area (Å²) in [5.74, 6) is 0.242. The minimum atomic E-state index is -0.704. The lowest BCUT2D eigenvalue weighted by Crippen LogP contribution is -2.33. The van der Waals surface area contributed by atoms with Crippen LogP contribution in [0.4, 0.5) is 5.69 Å². The summed E-state index contributed by atoms with van der Waals surface area (Å²) in [6.07, 6.45) is 1.89. The van der Waals surface area contributed by atoms with Crippen molar-refractivity contribution in [1.82, 2.24) is 9.55 Å². The van der Waals surface area contributed by atoms with Crippen molar-refractivity contribution in [3.05, 3.63) is 76.2 Å². The fraction of sp³-hybridized carbons (Fsp3) is 0.240. The van der Waals surface area contributed by atoms with E-state index in [4.69, 9.17) is 0 Å². The average Bonchev–Trinajstić information content (AvgIpc) is 3.22. The minimum Gasteiger partial charge on any atom is -0.508 e. The number of carbonyl (C=O) groups is 1. The third kappa shape index (κ3) is 4.16. The average molecular weight is 448 g/mol. The van der Waals surface area contributed by atoms with Gasteiger partial charge in [-0.3, -0.25) is 14.2 Å². The number of thiophene rings is 1.